The van der Waals surface area contributed by atoms with Gasteiger partial charge in [0.2, 0.25) is 0 Å². The van der Waals surface area contributed by atoms with Crippen molar-refractivity contribution in [2.45, 2.75) is 76.5 Å². The number of rotatable bonds is 14. The Hall–Kier alpha value is -3.52. The van der Waals surface area contributed by atoms with Gasteiger partial charge in [-0.05, 0) is 82.1 Å². The molecule has 210 valence electrons. The second kappa shape index (κ2) is 12.6. The number of aliphatic carboxylic acids is 1. The zero-order valence-electron chi connectivity index (χ0n) is 23.2. The van der Waals surface area contributed by atoms with Crippen molar-refractivity contribution in [2.24, 2.45) is 0 Å². The predicted molar refractivity (Wildman–Crippen MR) is 149 cm³/mol. The summed E-state index contributed by atoms with van der Waals surface area (Å²) < 4.78 is 17.9. The number of ether oxygens (including phenoxy) is 3. The van der Waals surface area contributed by atoms with Gasteiger partial charge in [0.15, 0.2) is 0 Å². The van der Waals surface area contributed by atoms with Crippen LogP contribution < -0.4 is 14.8 Å². The summed E-state index contributed by atoms with van der Waals surface area (Å²) in [6, 6.07) is 13.0. The summed E-state index contributed by atoms with van der Waals surface area (Å²) in [4.78, 5) is 27.3. The van der Waals surface area contributed by atoms with Gasteiger partial charge in [0, 0.05) is 12.1 Å². The first kappa shape index (κ1) is 28.5. The third-order valence-corrected chi connectivity index (χ3v) is 7.76. The highest BCUT2D eigenvalue weighted by Crippen LogP contribution is 2.50. The maximum atomic E-state index is 13.6. The summed E-state index contributed by atoms with van der Waals surface area (Å²) >= 11 is 0. The molecule has 2 aromatic carbocycles. The van der Waals surface area contributed by atoms with Gasteiger partial charge in [0.1, 0.15) is 17.0 Å². The molecule has 2 aliphatic carbocycles. The summed E-state index contributed by atoms with van der Waals surface area (Å²) in [6.07, 6.45) is 5.00. The molecule has 2 N–H and O–H groups in total. The van der Waals surface area contributed by atoms with Crippen LogP contribution in [0.1, 0.15) is 87.6 Å². The van der Waals surface area contributed by atoms with Gasteiger partial charge in [-0.15, -0.1) is 0 Å². The van der Waals surface area contributed by atoms with Crippen LogP contribution in [-0.2, 0) is 9.53 Å². The molecule has 0 saturated heterocycles. The van der Waals surface area contributed by atoms with E-state index in [1.165, 1.54) is 6.26 Å². The van der Waals surface area contributed by atoms with Crippen LogP contribution in [0.3, 0.4) is 0 Å². The first-order valence-corrected chi connectivity index (χ1v) is 13.9. The number of carbonyl (C=O) groups is 2. The van der Waals surface area contributed by atoms with E-state index in [9.17, 15) is 14.7 Å². The van der Waals surface area contributed by atoms with Crippen molar-refractivity contribution >= 4 is 12.0 Å². The SMILES string of the molecule is C=COc1cc([C@@H](C)N(CCO[C@@H](C)c2ccccc2)C(=O)NC2(C(=O)O)CCC2)cc(OCC)c1C1CC1. The number of hydrogen-bond donors (Lipinski definition) is 2. The number of amides is 2. The molecule has 2 fully saturated rings. The molecule has 39 heavy (non-hydrogen) atoms. The second-order valence-corrected chi connectivity index (χ2v) is 10.4. The molecule has 0 spiro atoms. The van der Waals surface area contributed by atoms with Crippen LogP contribution in [0.5, 0.6) is 11.5 Å². The number of carbonyl (C=O) groups excluding carboxylic acids is 1. The smallest absolute Gasteiger partial charge is 0.329 e. The van der Waals surface area contributed by atoms with Crippen molar-refractivity contribution in [3.63, 3.8) is 0 Å². The van der Waals surface area contributed by atoms with E-state index in [1.54, 1.807) is 4.90 Å². The summed E-state index contributed by atoms with van der Waals surface area (Å²) in [5, 5.41) is 12.6. The Morgan fingerprint density at radius 2 is 1.85 bits per heavy atom. The van der Waals surface area contributed by atoms with Gasteiger partial charge in [-0.2, -0.15) is 0 Å². The van der Waals surface area contributed by atoms with E-state index in [4.69, 9.17) is 14.2 Å². The van der Waals surface area contributed by atoms with E-state index in [-0.39, 0.29) is 19.3 Å². The van der Waals surface area contributed by atoms with Gasteiger partial charge >= 0.3 is 12.0 Å². The minimum Gasteiger partial charge on any atom is -0.493 e. The first-order chi connectivity index (χ1) is 18.8. The fraction of sp³-hybridized carbons (Fsp3) is 0.484. The molecule has 0 bridgehead atoms. The average Bonchev–Trinajstić information content (AvgIpc) is 3.74. The lowest BCUT2D eigenvalue weighted by molar-refractivity contribution is -0.148. The van der Waals surface area contributed by atoms with Gasteiger partial charge in [0.25, 0.3) is 0 Å². The lowest BCUT2D eigenvalue weighted by Gasteiger charge is -2.41. The van der Waals surface area contributed by atoms with Gasteiger partial charge in [-0.1, -0.05) is 36.9 Å². The van der Waals surface area contributed by atoms with Crippen LogP contribution in [0.4, 0.5) is 4.79 Å². The Bertz CT molecular complexity index is 1160. The summed E-state index contributed by atoms with van der Waals surface area (Å²) in [5.74, 6) is 0.803. The summed E-state index contributed by atoms with van der Waals surface area (Å²) in [6.45, 7) is 10.6. The van der Waals surface area contributed by atoms with Crippen LogP contribution in [0.25, 0.3) is 0 Å². The molecule has 2 saturated carbocycles. The van der Waals surface area contributed by atoms with Crippen LogP contribution in [0.2, 0.25) is 0 Å². The standard InChI is InChI=1S/C31H40N2O6/c1-5-37-26-19-25(20-27(38-6-2)28(26)24-13-14-24)21(3)33(30(36)32-31(29(34)35)15-10-16-31)17-18-39-22(4)23-11-8-7-9-12-23/h5,7-9,11-12,19-22,24H,1,6,10,13-18H2,2-4H3,(H,32,36)(H,34,35)/t21-,22+/m1/s1. The molecule has 0 radical (unpaired) electrons. The van der Waals surface area contributed by atoms with Crippen LogP contribution in [0.15, 0.2) is 55.3 Å². The first-order valence-electron chi connectivity index (χ1n) is 13.9. The maximum Gasteiger partial charge on any atom is 0.329 e. The maximum absolute atomic E-state index is 13.6. The van der Waals surface area contributed by atoms with E-state index in [0.717, 1.165) is 41.7 Å². The van der Waals surface area contributed by atoms with E-state index < -0.39 is 23.6 Å². The number of hydrogen-bond acceptors (Lipinski definition) is 5. The van der Waals surface area contributed by atoms with Crippen molar-refractivity contribution in [1.29, 1.82) is 0 Å². The second-order valence-electron chi connectivity index (χ2n) is 10.4. The third-order valence-electron chi connectivity index (χ3n) is 7.76. The molecule has 2 aromatic rings. The molecular weight excluding hydrogens is 496 g/mol. The Balaban J connectivity index is 1.60. The van der Waals surface area contributed by atoms with Crippen LogP contribution >= 0.6 is 0 Å². The van der Waals surface area contributed by atoms with Crippen molar-refractivity contribution in [1.82, 2.24) is 10.2 Å². The lowest BCUT2D eigenvalue weighted by atomic mass is 9.77. The third kappa shape index (κ3) is 6.56. The topological polar surface area (TPSA) is 97.3 Å². The van der Waals surface area contributed by atoms with Crippen molar-refractivity contribution < 1.29 is 28.9 Å². The zero-order chi connectivity index (χ0) is 28.0. The Labute approximate surface area is 230 Å². The van der Waals surface area contributed by atoms with Gasteiger partial charge < -0.3 is 29.5 Å². The predicted octanol–water partition coefficient (Wildman–Crippen LogP) is 6.34. The largest absolute Gasteiger partial charge is 0.493 e. The van der Waals surface area contributed by atoms with Crippen molar-refractivity contribution in [2.75, 3.05) is 19.8 Å². The number of carboxylic acids is 1. The lowest BCUT2D eigenvalue weighted by Crippen LogP contribution is -2.62. The Morgan fingerprint density at radius 3 is 2.41 bits per heavy atom. The number of nitrogens with zero attached hydrogens (tertiary/aromatic N) is 1. The molecule has 0 unspecified atom stereocenters. The monoisotopic (exact) mass is 536 g/mol. The highest BCUT2D eigenvalue weighted by atomic mass is 16.5. The van der Waals surface area contributed by atoms with Crippen LogP contribution in [0, 0.1) is 0 Å². The minimum absolute atomic E-state index is 0.154. The molecule has 0 aromatic heterocycles. The quantitative estimate of drug-likeness (QED) is 0.273. The molecule has 0 heterocycles. The molecule has 2 aliphatic rings. The molecule has 8 nitrogen and oxygen atoms in total. The van der Waals surface area contributed by atoms with Gasteiger partial charge in [-0.25, -0.2) is 9.59 Å². The molecular formula is C31H40N2O6. The number of carboxylic acid groups (broad SMARTS) is 1. The molecule has 0 aliphatic heterocycles. The number of urea groups is 1. The highest BCUT2D eigenvalue weighted by molar-refractivity contribution is 5.87. The van der Waals surface area contributed by atoms with Crippen molar-refractivity contribution in [3.05, 3.63) is 72.0 Å². The highest BCUT2D eigenvalue weighted by Gasteiger charge is 2.46. The minimum atomic E-state index is -1.23. The van der Waals surface area contributed by atoms with Crippen LogP contribution in [-0.4, -0.2) is 47.3 Å². The number of benzene rings is 2. The van der Waals surface area contributed by atoms with Gasteiger partial charge in [-0.3, -0.25) is 0 Å². The Kier molecular flexibility index (Phi) is 9.17. The average molecular weight is 537 g/mol. The molecule has 4 rings (SSSR count). The fourth-order valence-electron chi connectivity index (χ4n) is 5.10. The summed E-state index contributed by atoms with van der Waals surface area (Å²) in [7, 11) is 0. The fourth-order valence-corrected chi connectivity index (χ4v) is 5.10. The van der Waals surface area contributed by atoms with E-state index in [1.807, 2.05) is 63.2 Å². The summed E-state index contributed by atoms with van der Waals surface area (Å²) in [5.41, 5.74) is 1.67. The van der Waals surface area contributed by atoms with Crippen molar-refractivity contribution in [3.8, 4) is 11.5 Å². The normalized spacial score (nSPS) is 17.3. The van der Waals surface area contributed by atoms with E-state index in [0.29, 0.717) is 31.1 Å². The van der Waals surface area contributed by atoms with E-state index in [2.05, 4.69) is 11.9 Å². The molecule has 2 amide bonds. The molecule has 2 atom stereocenters. The zero-order valence-corrected chi connectivity index (χ0v) is 23.2. The molecule has 8 heteroatoms. The Morgan fingerprint density at radius 1 is 1.15 bits per heavy atom. The van der Waals surface area contributed by atoms with E-state index >= 15 is 0 Å². The number of nitrogens with one attached hydrogen (secondary N) is 1. The van der Waals surface area contributed by atoms with Gasteiger partial charge in [0.05, 0.1) is 31.6 Å².